The number of rotatable bonds is 3. The Hall–Kier alpha value is -0.880. The van der Waals surface area contributed by atoms with E-state index in [0.717, 1.165) is 12.8 Å². The van der Waals surface area contributed by atoms with Crippen molar-refractivity contribution in [1.82, 2.24) is 9.62 Å². The highest BCUT2D eigenvalue weighted by atomic mass is 32.2. The summed E-state index contributed by atoms with van der Waals surface area (Å²) in [6.07, 6.45) is 3.96. The van der Waals surface area contributed by atoms with Gasteiger partial charge in [0, 0.05) is 19.1 Å². The maximum absolute atomic E-state index is 11.3. The van der Waals surface area contributed by atoms with E-state index in [0.29, 0.717) is 13.1 Å². The van der Waals surface area contributed by atoms with Crippen LogP contribution in [0, 0.1) is 0 Å². The van der Waals surface area contributed by atoms with Crippen molar-refractivity contribution in [1.29, 1.82) is 0 Å². The Morgan fingerprint density at radius 1 is 1.60 bits per heavy atom. The Morgan fingerprint density at radius 3 is 2.80 bits per heavy atom. The van der Waals surface area contributed by atoms with Crippen LogP contribution in [0.3, 0.4) is 0 Å². The molecule has 1 aliphatic heterocycles. The fourth-order valence-corrected chi connectivity index (χ4v) is 2.53. The Bertz CT molecular complexity index is 350. The fourth-order valence-electron chi connectivity index (χ4n) is 1.62. The zero-order valence-electron chi connectivity index (χ0n) is 8.77. The Kier molecular flexibility index (Phi) is 3.87. The summed E-state index contributed by atoms with van der Waals surface area (Å²) in [5, 5.41) is 2.71. The molecule has 15 heavy (non-hydrogen) atoms. The molecule has 0 bridgehead atoms. The van der Waals surface area contributed by atoms with Gasteiger partial charge in [0.15, 0.2) is 0 Å². The quantitative estimate of drug-likeness (QED) is 0.680. The minimum atomic E-state index is -3.15. The van der Waals surface area contributed by atoms with Crippen LogP contribution in [-0.4, -0.2) is 44.0 Å². The van der Waals surface area contributed by atoms with Gasteiger partial charge in [0.2, 0.25) is 15.9 Å². The molecule has 1 aliphatic rings. The molecule has 0 aromatic rings. The minimum absolute atomic E-state index is 0.0982. The van der Waals surface area contributed by atoms with E-state index in [1.54, 1.807) is 0 Å². The van der Waals surface area contributed by atoms with Crippen molar-refractivity contribution < 1.29 is 13.2 Å². The fraction of sp³-hybridized carbons (Fsp3) is 0.667. The Balaban J connectivity index is 2.57. The number of carbonyl (C=O) groups excluding carboxylic acids is 1. The van der Waals surface area contributed by atoms with Crippen LogP contribution in [0.2, 0.25) is 0 Å². The number of hydrogen-bond acceptors (Lipinski definition) is 3. The molecule has 1 heterocycles. The molecule has 1 unspecified atom stereocenters. The highest BCUT2D eigenvalue weighted by molar-refractivity contribution is 7.88. The summed E-state index contributed by atoms with van der Waals surface area (Å²) in [6, 6.07) is -0.0982. The van der Waals surface area contributed by atoms with Crippen molar-refractivity contribution in [2.75, 3.05) is 19.3 Å². The van der Waals surface area contributed by atoms with Crippen LogP contribution in [0.5, 0.6) is 0 Å². The summed E-state index contributed by atoms with van der Waals surface area (Å²) in [5.74, 6) is -0.254. The predicted molar refractivity (Wildman–Crippen MR) is 57.8 cm³/mol. The number of hydrogen-bond donors (Lipinski definition) is 1. The Morgan fingerprint density at radius 2 is 2.27 bits per heavy atom. The van der Waals surface area contributed by atoms with Crippen LogP contribution >= 0.6 is 0 Å². The largest absolute Gasteiger partial charge is 0.349 e. The van der Waals surface area contributed by atoms with Gasteiger partial charge in [0.1, 0.15) is 0 Å². The third-order valence-corrected chi connectivity index (χ3v) is 3.65. The second-order valence-corrected chi connectivity index (χ2v) is 5.66. The maximum atomic E-state index is 11.3. The zero-order valence-corrected chi connectivity index (χ0v) is 9.59. The second kappa shape index (κ2) is 4.76. The van der Waals surface area contributed by atoms with Crippen molar-refractivity contribution in [2.45, 2.75) is 18.9 Å². The summed E-state index contributed by atoms with van der Waals surface area (Å²) in [7, 11) is -3.15. The van der Waals surface area contributed by atoms with Gasteiger partial charge in [-0.15, -0.1) is 0 Å². The molecule has 1 N–H and O–H groups in total. The van der Waals surface area contributed by atoms with E-state index in [-0.39, 0.29) is 11.9 Å². The lowest BCUT2D eigenvalue weighted by Gasteiger charge is -2.31. The van der Waals surface area contributed by atoms with Gasteiger partial charge >= 0.3 is 0 Å². The standard InChI is InChI=1S/C9H16N2O3S/c1-3-9(12)10-8-5-4-6-11(7-8)15(2,13)14/h3,8H,1,4-7H2,2H3,(H,10,12). The highest BCUT2D eigenvalue weighted by Crippen LogP contribution is 2.12. The summed E-state index contributed by atoms with van der Waals surface area (Å²) >= 11 is 0. The van der Waals surface area contributed by atoms with Crippen LogP contribution in [0.25, 0.3) is 0 Å². The number of carbonyl (C=O) groups is 1. The smallest absolute Gasteiger partial charge is 0.243 e. The average molecular weight is 232 g/mol. The molecule has 86 valence electrons. The predicted octanol–water partition coefficient (Wildman–Crippen LogP) is -0.287. The van der Waals surface area contributed by atoms with Crippen LogP contribution in [0.1, 0.15) is 12.8 Å². The SMILES string of the molecule is C=CC(=O)NC1CCCN(S(C)(=O)=O)C1. The monoisotopic (exact) mass is 232 g/mol. The molecule has 0 aliphatic carbocycles. The lowest BCUT2D eigenvalue weighted by atomic mass is 10.1. The normalized spacial score (nSPS) is 23.4. The van der Waals surface area contributed by atoms with E-state index < -0.39 is 10.0 Å². The van der Waals surface area contributed by atoms with Gasteiger partial charge in [0.25, 0.3) is 0 Å². The number of nitrogens with one attached hydrogen (secondary N) is 1. The summed E-state index contributed by atoms with van der Waals surface area (Å²) in [5.41, 5.74) is 0. The molecule has 1 atom stereocenters. The van der Waals surface area contributed by atoms with Gasteiger partial charge in [-0.3, -0.25) is 4.79 Å². The van der Waals surface area contributed by atoms with E-state index in [2.05, 4.69) is 11.9 Å². The van der Waals surface area contributed by atoms with Gasteiger partial charge in [-0.05, 0) is 18.9 Å². The second-order valence-electron chi connectivity index (χ2n) is 3.67. The van der Waals surface area contributed by atoms with E-state index >= 15 is 0 Å². The number of nitrogens with zero attached hydrogens (tertiary/aromatic N) is 1. The zero-order chi connectivity index (χ0) is 11.5. The molecule has 0 spiro atoms. The van der Waals surface area contributed by atoms with E-state index in [1.165, 1.54) is 16.6 Å². The molecular formula is C9H16N2O3S. The van der Waals surface area contributed by atoms with Gasteiger partial charge in [-0.1, -0.05) is 6.58 Å². The third-order valence-electron chi connectivity index (χ3n) is 2.38. The van der Waals surface area contributed by atoms with Crippen molar-refractivity contribution >= 4 is 15.9 Å². The van der Waals surface area contributed by atoms with Crippen molar-refractivity contribution in [2.24, 2.45) is 0 Å². The van der Waals surface area contributed by atoms with Crippen LogP contribution < -0.4 is 5.32 Å². The van der Waals surface area contributed by atoms with Crippen molar-refractivity contribution in [3.8, 4) is 0 Å². The number of piperidine rings is 1. The molecule has 0 aromatic heterocycles. The molecule has 1 saturated heterocycles. The third kappa shape index (κ3) is 3.64. The minimum Gasteiger partial charge on any atom is -0.349 e. The molecule has 5 nitrogen and oxygen atoms in total. The first kappa shape index (κ1) is 12.2. The molecule has 0 radical (unpaired) electrons. The molecule has 1 amide bonds. The van der Waals surface area contributed by atoms with Gasteiger partial charge < -0.3 is 5.32 Å². The van der Waals surface area contributed by atoms with Crippen molar-refractivity contribution in [3.63, 3.8) is 0 Å². The highest BCUT2D eigenvalue weighted by Gasteiger charge is 2.26. The lowest BCUT2D eigenvalue weighted by molar-refractivity contribution is -0.117. The van der Waals surface area contributed by atoms with E-state index in [4.69, 9.17) is 0 Å². The van der Waals surface area contributed by atoms with Crippen LogP contribution in [-0.2, 0) is 14.8 Å². The number of sulfonamides is 1. The maximum Gasteiger partial charge on any atom is 0.243 e. The molecule has 0 aromatic carbocycles. The lowest BCUT2D eigenvalue weighted by Crippen LogP contribution is -2.48. The van der Waals surface area contributed by atoms with Crippen molar-refractivity contribution in [3.05, 3.63) is 12.7 Å². The molecule has 1 rings (SSSR count). The molecule has 0 saturated carbocycles. The summed E-state index contributed by atoms with van der Waals surface area (Å²) in [4.78, 5) is 11.0. The summed E-state index contributed by atoms with van der Waals surface area (Å²) in [6.45, 7) is 4.25. The van der Waals surface area contributed by atoms with E-state index in [9.17, 15) is 13.2 Å². The molecule has 1 fully saturated rings. The first-order valence-electron chi connectivity index (χ1n) is 4.81. The van der Waals surface area contributed by atoms with Gasteiger partial charge in [-0.25, -0.2) is 12.7 Å². The molecule has 6 heteroatoms. The van der Waals surface area contributed by atoms with Crippen LogP contribution in [0.15, 0.2) is 12.7 Å². The van der Waals surface area contributed by atoms with Gasteiger partial charge in [0.05, 0.1) is 6.26 Å². The van der Waals surface area contributed by atoms with Crippen LogP contribution in [0.4, 0.5) is 0 Å². The van der Waals surface area contributed by atoms with Gasteiger partial charge in [-0.2, -0.15) is 0 Å². The number of amides is 1. The first-order valence-corrected chi connectivity index (χ1v) is 6.66. The summed E-state index contributed by atoms with van der Waals surface area (Å²) < 4.78 is 24.0. The first-order chi connectivity index (χ1) is 6.93. The Labute approximate surface area is 90.2 Å². The van der Waals surface area contributed by atoms with E-state index in [1.807, 2.05) is 0 Å². The topological polar surface area (TPSA) is 66.5 Å². The molecular weight excluding hydrogens is 216 g/mol. The average Bonchev–Trinajstić information content (AvgIpc) is 2.17.